The molecule has 0 fully saturated rings. The Morgan fingerprint density at radius 2 is 2.10 bits per heavy atom. The maximum absolute atomic E-state index is 4.22. The summed E-state index contributed by atoms with van der Waals surface area (Å²) in [7, 11) is 0. The summed E-state index contributed by atoms with van der Waals surface area (Å²) in [6, 6.07) is 12.7. The van der Waals surface area contributed by atoms with Crippen LogP contribution in [0.4, 0.5) is 0 Å². The van der Waals surface area contributed by atoms with E-state index in [1.54, 1.807) is 0 Å². The first-order valence-corrected chi connectivity index (χ1v) is 7.79. The van der Waals surface area contributed by atoms with Gasteiger partial charge in [0.1, 0.15) is 0 Å². The van der Waals surface area contributed by atoms with E-state index in [1.807, 2.05) is 17.4 Å². The van der Waals surface area contributed by atoms with Crippen LogP contribution in [0.3, 0.4) is 0 Å². The van der Waals surface area contributed by atoms with Gasteiger partial charge in [-0.15, -0.1) is 11.3 Å². The summed E-state index contributed by atoms with van der Waals surface area (Å²) < 4.78 is 0. The quantitative estimate of drug-likeness (QED) is 0.741. The van der Waals surface area contributed by atoms with Crippen molar-refractivity contribution >= 4 is 17.4 Å². The summed E-state index contributed by atoms with van der Waals surface area (Å²) in [5.74, 6) is 0. The summed E-state index contributed by atoms with van der Waals surface area (Å²) in [6.07, 6.45) is 5.40. The van der Waals surface area contributed by atoms with Crippen LogP contribution < -0.4 is 0 Å². The molecule has 0 saturated heterocycles. The van der Waals surface area contributed by atoms with E-state index in [0.717, 1.165) is 25.2 Å². The van der Waals surface area contributed by atoms with Crippen LogP contribution in [-0.2, 0) is 13.0 Å². The Bertz CT molecular complexity index is 637. The molecule has 0 saturated carbocycles. The van der Waals surface area contributed by atoms with E-state index in [9.17, 15) is 0 Å². The zero-order valence-corrected chi connectivity index (χ0v) is 12.6. The molecule has 2 aromatic rings. The van der Waals surface area contributed by atoms with Crippen molar-refractivity contribution in [2.75, 3.05) is 6.54 Å². The van der Waals surface area contributed by atoms with Crippen molar-refractivity contribution in [2.24, 2.45) is 0 Å². The van der Waals surface area contributed by atoms with Gasteiger partial charge >= 0.3 is 0 Å². The van der Waals surface area contributed by atoms with E-state index < -0.39 is 0 Å². The van der Waals surface area contributed by atoms with E-state index >= 15 is 0 Å². The minimum absolute atomic E-state index is 1.01. The van der Waals surface area contributed by atoms with Crippen molar-refractivity contribution in [3.05, 3.63) is 75.6 Å². The van der Waals surface area contributed by atoms with Gasteiger partial charge in [0, 0.05) is 22.0 Å². The largest absolute Gasteiger partial charge is 0.367 e. The first-order valence-electron chi connectivity index (χ1n) is 6.97. The van der Waals surface area contributed by atoms with E-state index in [2.05, 4.69) is 60.9 Å². The van der Waals surface area contributed by atoms with Gasteiger partial charge in [0.25, 0.3) is 0 Å². The molecule has 3 rings (SSSR count). The van der Waals surface area contributed by atoms with Crippen molar-refractivity contribution in [1.29, 1.82) is 0 Å². The summed E-state index contributed by atoms with van der Waals surface area (Å²) in [5, 5.41) is 0. The standard InChI is InChI=1S/C18H19NS/c1-14(8-9-16-6-4-3-5-7-16)19-11-10-17-12-15(2)20-18(17)13-19/h3-9,12H,1,10-11,13H2,2H3/b9-8+. The molecule has 1 aromatic carbocycles. The molecule has 0 radical (unpaired) electrons. The molecule has 2 heterocycles. The van der Waals surface area contributed by atoms with E-state index in [0.29, 0.717) is 0 Å². The molecule has 0 bridgehead atoms. The van der Waals surface area contributed by atoms with E-state index in [-0.39, 0.29) is 0 Å². The molecule has 0 atom stereocenters. The average Bonchev–Trinajstić information content (AvgIpc) is 2.85. The Labute approximate surface area is 124 Å². The van der Waals surface area contributed by atoms with Crippen molar-refractivity contribution in [3.63, 3.8) is 0 Å². The number of thiophene rings is 1. The van der Waals surface area contributed by atoms with Crippen molar-refractivity contribution in [2.45, 2.75) is 19.9 Å². The molecule has 20 heavy (non-hydrogen) atoms. The molecule has 1 aromatic heterocycles. The highest BCUT2D eigenvalue weighted by molar-refractivity contribution is 7.12. The number of hydrogen-bond donors (Lipinski definition) is 0. The topological polar surface area (TPSA) is 3.24 Å². The van der Waals surface area contributed by atoms with Gasteiger partial charge in [-0.25, -0.2) is 0 Å². The van der Waals surface area contributed by atoms with Crippen LogP contribution in [0.2, 0.25) is 0 Å². The second-order valence-corrected chi connectivity index (χ2v) is 6.55. The summed E-state index contributed by atoms with van der Waals surface area (Å²) in [5.41, 5.74) is 3.85. The zero-order chi connectivity index (χ0) is 13.9. The summed E-state index contributed by atoms with van der Waals surface area (Å²) in [4.78, 5) is 5.29. The van der Waals surface area contributed by atoms with Crippen LogP contribution in [0.25, 0.3) is 6.08 Å². The first-order chi connectivity index (χ1) is 9.72. The predicted octanol–water partition coefficient (Wildman–Crippen LogP) is 4.64. The fourth-order valence-electron chi connectivity index (χ4n) is 2.58. The van der Waals surface area contributed by atoms with Gasteiger partial charge in [0.2, 0.25) is 0 Å². The Hall–Kier alpha value is -1.80. The highest BCUT2D eigenvalue weighted by atomic mass is 32.1. The zero-order valence-electron chi connectivity index (χ0n) is 11.8. The van der Waals surface area contributed by atoms with Gasteiger partial charge in [-0.05, 0) is 36.6 Å². The van der Waals surface area contributed by atoms with Crippen LogP contribution in [0.1, 0.15) is 20.9 Å². The van der Waals surface area contributed by atoms with Crippen molar-refractivity contribution in [1.82, 2.24) is 4.90 Å². The molecule has 102 valence electrons. The Morgan fingerprint density at radius 1 is 1.30 bits per heavy atom. The Balaban J connectivity index is 1.69. The fraction of sp³-hybridized carbons (Fsp3) is 0.222. The molecule has 1 aliphatic heterocycles. The second-order valence-electron chi connectivity index (χ2n) is 5.21. The van der Waals surface area contributed by atoms with E-state index in [1.165, 1.54) is 20.9 Å². The number of allylic oxidation sites excluding steroid dienone is 1. The van der Waals surface area contributed by atoms with Crippen molar-refractivity contribution < 1.29 is 0 Å². The predicted molar refractivity (Wildman–Crippen MR) is 87.8 cm³/mol. The maximum Gasteiger partial charge on any atom is 0.0525 e. The number of rotatable bonds is 3. The molecule has 0 unspecified atom stereocenters. The minimum Gasteiger partial charge on any atom is -0.367 e. The Kier molecular flexibility index (Phi) is 3.75. The maximum atomic E-state index is 4.22. The van der Waals surface area contributed by atoms with Gasteiger partial charge in [-0.2, -0.15) is 0 Å². The van der Waals surface area contributed by atoms with Crippen molar-refractivity contribution in [3.8, 4) is 0 Å². The molecule has 1 aliphatic rings. The average molecular weight is 281 g/mol. The lowest BCUT2D eigenvalue weighted by atomic mass is 10.1. The van der Waals surface area contributed by atoms with Crippen LogP contribution >= 0.6 is 11.3 Å². The molecule has 0 N–H and O–H groups in total. The molecule has 1 nitrogen and oxygen atoms in total. The minimum atomic E-state index is 1.01. The normalized spacial score (nSPS) is 14.6. The smallest absolute Gasteiger partial charge is 0.0525 e. The molecular weight excluding hydrogens is 262 g/mol. The highest BCUT2D eigenvalue weighted by Crippen LogP contribution is 2.29. The second kappa shape index (κ2) is 5.68. The lowest BCUT2D eigenvalue weighted by Gasteiger charge is -2.29. The lowest BCUT2D eigenvalue weighted by molar-refractivity contribution is 0.338. The van der Waals surface area contributed by atoms with Gasteiger partial charge in [0.15, 0.2) is 0 Å². The third-order valence-electron chi connectivity index (χ3n) is 3.68. The summed E-state index contributed by atoms with van der Waals surface area (Å²) in [6.45, 7) is 8.49. The molecule has 0 spiro atoms. The lowest BCUT2D eigenvalue weighted by Crippen LogP contribution is -2.27. The van der Waals surface area contributed by atoms with E-state index in [4.69, 9.17) is 0 Å². The van der Waals surface area contributed by atoms with Gasteiger partial charge in [0.05, 0.1) is 6.54 Å². The SMILES string of the molecule is C=C(/C=C/c1ccccc1)N1CCc2cc(C)sc2C1. The third kappa shape index (κ3) is 2.86. The number of aryl methyl sites for hydroxylation is 1. The highest BCUT2D eigenvalue weighted by Gasteiger charge is 2.18. The number of fused-ring (bicyclic) bond motifs is 1. The van der Waals surface area contributed by atoms with Gasteiger partial charge in [-0.1, -0.05) is 43.0 Å². The van der Waals surface area contributed by atoms with Crippen LogP contribution in [0, 0.1) is 6.92 Å². The number of nitrogens with zero attached hydrogens (tertiary/aromatic N) is 1. The summed E-state index contributed by atoms with van der Waals surface area (Å²) >= 11 is 1.92. The van der Waals surface area contributed by atoms with Crippen LogP contribution in [-0.4, -0.2) is 11.4 Å². The molecule has 2 heteroatoms. The molecule has 0 amide bonds. The third-order valence-corrected chi connectivity index (χ3v) is 4.76. The van der Waals surface area contributed by atoms with Crippen LogP contribution in [0.15, 0.2) is 54.8 Å². The number of benzene rings is 1. The monoisotopic (exact) mass is 281 g/mol. The van der Waals surface area contributed by atoms with Crippen LogP contribution in [0.5, 0.6) is 0 Å². The van der Waals surface area contributed by atoms with Gasteiger partial charge in [-0.3, -0.25) is 0 Å². The number of hydrogen-bond acceptors (Lipinski definition) is 2. The van der Waals surface area contributed by atoms with Gasteiger partial charge < -0.3 is 4.90 Å². The fourth-order valence-corrected chi connectivity index (χ4v) is 3.68. The Morgan fingerprint density at radius 3 is 2.90 bits per heavy atom. The molecule has 0 aliphatic carbocycles. The first kappa shape index (κ1) is 13.2. The molecular formula is C18H19NS.